The largest absolute Gasteiger partial charge is 0.481 e. The number of nitrogens with one attached hydrogen (secondary N) is 1. The molecule has 2 heterocycles. The minimum absolute atomic E-state index is 0.0865. The van der Waals surface area contributed by atoms with E-state index in [2.05, 4.69) is 15.4 Å². The van der Waals surface area contributed by atoms with Crippen molar-refractivity contribution < 1.29 is 22.9 Å². The van der Waals surface area contributed by atoms with Gasteiger partial charge in [-0.25, -0.2) is 0 Å². The lowest BCUT2D eigenvalue weighted by molar-refractivity contribution is -0.148. The summed E-state index contributed by atoms with van der Waals surface area (Å²) in [6.07, 6.45) is 1.53. The Hall–Kier alpha value is -1.39. The van der Waals surface area contributed by atoms with Gasteiger partial charge in [0.05, 0.1) is 5.41 Å². The van der Waals surface area contributed by atoms with Crippen LogP contribution in [0.1, 0.15) is 26.7 Å². The van der Waals surface area contributed by atoms with Gasteiger partial charge in [0.15, 0.2) is 0 Å². The molecule has 2 rings (SSSR count). The topological polar surface area (TPSA) is 123 Å². The van der Waals surface area contributed by atoms with Gasteiger partial charge in [-0.3, -0.25) is 14.8 Å². The molecule has 3 N–H and O–H groups in total. The minimum atomic E-state index is -4.24. The van der Waals surface area contributed by atoms with Crippen molar-refractivity contribution in [2.45, 2.75) is 32.2 Å². The van der Waals surface area contributed by atoms with Gasteiger partial charge in [0.25, 0.3) is 0 Å². The summed E-state index contributed by atoms with van der Waals surface area (Å²) in [6, 6.07) is 0. The lowest BCUT2D eigenvalue weighted by atomic mass is 9.90. The van der Waals surface area contributed by atoms with Crippen LogP contribution < -0.4 is 5.43 Å². The second-order valence-corrected chi connectivity index (χ2v) is 8.29. The molecule has 0 spiro atoms. The van der Waals surface area contributed by atoms with Crippen molar-refractivity contribution in [3.8, 4) is 0 Å². The summed E-state index contributed by atoms with van der Waals surface area (Å²) in [5, 5.41) is 13.3. The fourth-order valence-corrected chi connectivity index (χ4v) is 3.72. The smallest absolute Gasteiger partial charge is 0.310 e. The summed E-state index contributed by atoms with van der Waals surface area (Å²) in [6.45, 7) is 5.34. The molecule has 0 saturated carbocycles. The van der Waals surface area contributed by atoms with Crippen molar-refractivity contribution in [1.29, 1.82) is 0 Å². The third kappa shape index (κ3) is 3.93. The molecule has 1 saturated heterocycles. The first kappa shape index (κ1) is 18.0. The molecule has 2 aliphatic heterocycles. The maximum absolute atomic E-state index is 11.3. The molecule has 0 bridgehead atoms. The average Bonchev–Trinajstić information content (AvgIpc) is 2.81. The quantitative estimate of drug-likeness (QED) is 0.585. The second kappa shape index (κ2) is 6.25. The van der Waals surface area contributed by atoms with Gasteiger partial charge in [-0.1, -0.05) is 0 Å². The predicted molar refractivity (Wildman–Crippen MR) is 84.3 cm³/mol. The van der Waals surface area contributed by atoms with Crippen LogP contribution in [0.5, 0.6) is 0 Å². The number of aliphatic carboxylic acids is 1. The third-order valence-corrected chi connectivity index (χ3v) is 5.42. The summed E-state index contributed by atoms with van der Waals surface area (Å²) < 4.78 is 31.7. The highest BCUT2D eigenvalue weighted by molar-refractivity contribution is 7.86. The minimum Gasteiger partial charge on any atom is -0.481 e. The number of nitrogens with zero attached hydrogens (tertiary/aromatic N) is 3. The fraction of sp³-hybridized carbons (Fsp3) is 0.846. The van der Waals surface area contributed by atoms with Crippen molar-refractivity contribution in [2.75, 3.05) is 26.7 Å². The molecular weight excluding hydrogens is 324 g/mol. The van der Waals surface area contributed by atoms with Crippen LogP contribution in [0, 0.1) is 11.3 Å². The Morgan fingerprint density at radius 2 is 1.96 bits per heavy atom. The predicted octanol–water partition coefficient (Wildman–Crippen LogP) is -0.171. The normalized spacial score (nSPS) is 24.4. The van der Waals surface area contributed by atoms with Crippen LogP contribution in [0.4, 0.5) is 0 Å². The lowest BCUT2D eigenvalue weighted by Gasteiger charge is -2.36. The first-order valence-corrected chi connectivity index (χ1v) is 9.00. The second-order valence-electron chi connectivity index (χ2n) is 6.82. The number of likely N-dealkylation sites (tertiary alicyclic amines) is 1. The summed E-state index contributed by atoms with van der Waals surface area (Å²) in [5.74, 6) is -0.118. The Morgan fingerprint density at radius 3 is 2.39 bits per heavy atom. The van der Waals surface area contributed by atoms with Crippen LogP contribution >= 0.6 is 0 Å². The van der Waals surface area contributed by atoms with E-state index in [1.54, 1.807) is 20.9 Å². The maximum atomic E-state index is 11.3. The first-order chi connectivity index (χ1) is 10.5. The number of rotatable bonds is 5. The van der Waals surface area contributed by atoms with Gasteiger partial charge < -0.3 is 14.9 Å². The van der Waals surface area contributed by atoms with Crippen LogP contribution in [0.25, 0.3) is 0 Å². The van der Waals surface area contributed by atoms with Crippen LogP contribution in [0.2, 0.25) is 0 Å². The third-order valence-electron chi connectivity index (χ3n) is 4.44. The molecular formula is C13H24N4O5S. The number of carbonyl (C=O) groups is 1. The van der Waals surface area contributed by atoms with Gasteiger partial charge in [-0.2, -0.15) is 13.5 Å². The van der Waals surface area contributed by atoms with E-state index in [0.717, 1.165) is 25.9 Å². The zero-order chi connectivity index (χ0) is 17.4. The molecule has 2 aliphatic rings. The number of carboxylic acids is 1. The Balaban J connectivity index is 1.92. The highest BCUT2D eigenvalue weighted by Crippen LogP contribution is 2.26. The summed E-state index contributed by atoms with van der Waals surface area (Å²) in [5.41, 5.74) is 0.408. The van der Waals surface area contributed by atoms with Crippen molar-refractivity contribution in [3.05, 3.63) is 0 Å². The Morgan fingerprint density at radius 1 is 1.39 bits per heavy atom. The molecule has 0 aromatic heterocycles. The zero-order valence-electron chi connectivity index (χ0n) is 13.6. The van der Waals surface area contributed by atoms with E-state index in [9.17, 15) is 18.3 Å². The molecule has 9 nitrogen and oxygen atoms in total. The molecule has 132 valence electrons. The van der Waals surface area contributed by atoms with Crippen LogP contribution in [-0.2, 0) is 14.9 Å². The standard InChI is InChI=1S/C13H24N4O5S/c1-13(2,11(18)19)8-17-6-4-9(5-7-17)10-14-15-12(16(10)3)23(20,21)22/h9,12,15H,4-8H2,1-3H3,(H,18,19)(H,20,21,22). The van der Waals surface area contributed by atoms with Crippen LogP contribution in [0.3, 0.4) is 0 Å². The SMILES string of the molecule is CN1C(C2CCN(CC(C)(C)C(=O)O)CC2)=NNC1S(=O)(=O)O. The number of hydrazone groups is 1. The Labute approximate surface area is 136 Å². The molecule has 23 heavy (non-hydrogen) atoms. The molecule has 0 radical (unpaired) electrons. The van der Waals surface area contributed by atoms with E-state index in [1.165, 1.54) is 4.90 Å². The molecule has 0 aromatic carbocycles. The summed E-state index contributed by atoms with van der Waals surface area (Å²) in [4.78, 5) is 14.7. The van der Waals surface area contributed by atoms with Gasteiger partial charge in [-0.15, -0.1) is 0 Å². The number of piperidine rings is 1. The monoisotopic (exact) mass is 348 g/mol. The summed E-state index contributed by atoms with van der Waals surface area (Å²) >= 11 is 0. The van der Waals surface area contributed by atoms with Crippen molar-refractivity contribution >= 4 is 21.9 Å². The van der Waals surface area contributed by atoms with Gasteiger partial charge in [0.2, 0.25) is 5.50 Å². The molecule has 1 unspecified atom stereocenters. The Bertz CT molecular complexity index is 595. The van der Waals surface area contributed by atoms with Crippen molar-refractivity contribution in [2.24, 2.45) is 16.4 Å². The fourth-order valence-electron chi connectivity index (χ4n) is 3.03. The molecule has 0 aromatic rings. The first-order valence-electron chi connectivity index (χ1n) is 7.50. The zero-order valence-corrected chi connectivity index (χ0v) is 14.4. The summed E-state index contributed by atoms with van der Waals surface area (Å²) in [7, 11) is -2.66. The van der Waals surface area contributed by atoms with Gasteiger partial charge >= 0.3 is 16.1 Å². The highest BCUT2D eigenvalue weighted by atomic mass is 32.2. The van der Waals surface area contributed by atoms with Crippen molar-refractivity contribution in [3.63, 3.8) is 0 Å². The average molecular weight is 348 g/mol. The van der Waals surface area contributed by atoms with E-state index >= 15 is 0 Å². The van der Waals surface area contributed by atoms with Crippen LogP contribution in [0.15, 0.2) is 5.10 Å². The molecule has 0 amide bonds. The molecule has 1 fully saturated rings. The molecule has 1 atom stereocenters. The van der Waals surface area contributed by atoms with Crippen LogP contribution in [-0.4, -0.2) is 71.9 Å². The maximum Gasteiger partial charge on any atom is 0.310 e. The van der Waals surface area contributed by atoms with E-state index in [-0.39, 0.29) is 5.92 Å². The van der Waals surface area contributed by atoms with Gasteiger partial charge in [0, 0.05) is 19.5 Å². The lowest BCUT2D eigenvalue weighted by Crippen LogP contribution is -2.48. The number of carboxylic acid groups (broad SMARTS) is 1. The van der Waals surface area contributed by atoms with E-state index in [0.29, 0.717) is 12.4 Å². The van der Waals surface area contributed by atoms with E-state index in [4.69, 9.17) is 4.55 Å². The van der Waals surface area contributed by atoms with E-state index < -0.39 is 27.0 Å². The molecule has 10 heteroatoms. The van der Waals surface area contributed by atoms with Gasteiger partial charge in [0.1, 0.15) is 5.84 Å². The van der Waals surface area contributed by atoms with Crippen molar-refractivity contribution in [1.82, 2.24) is 15.2 Å². The number of amidine groups is 1. The molecule has 0 aliphatic carbocycles. The van der Waals surface area contributed by atoms with Gasteiger partial charge in [-0.05, 0) is 39.8 Å². The van der Waals surface area contributed by atoms with E-state index in [1.807, 2.05) is 0 Å². The number of hydrogen-bond donors (Lipinski definition) is 3. The highest BCUT2D eigenvalue weighted by Gasteiger charge is 2.39. The number of hydrogen-bond acceptors (Lipinski definition) is 7. The Kier molecular flexibility index (Phi) is 4.88.